The Morgan fingerprint density at radius 1 is 1.35 bits per heavy atom. The third kappa shape index (κ3) is 2.54. The summed E-state index contributed by atoms with van der Waals surface area (Å²) in [6.07, 6.45) is 0.906. The molecule has 0 fully saturated rings. The maximum Gasteiger partial charge on any atom is 0.272 e. The predicted octanol–water partition coefficient (Wildman–Crippen LogP) is 2.37. The van der Waals surface area contributed by atoms with Crippen LogP contribution in [0.15, 0.2) is 24.3 Å². The fourth-order valence-electron chi connectivity index (χ4n) is 1.49. The number of carbonyl (C=O) groups is 1. The van der Waals surface area contributed by atoms with E-state index in [9.17, 15) is 4.79 Å². The van der Waals surface area contributed by atoms with Crippen molar-refractivity contribution in [1.82, 2.24) is 15.5 Å². The number of benzene rings is 1. The molecule has 0 saturated carbocycles. The topological polar surface area (TPSA) is 54.9 Å². The molecule has 4 nitrogen and oxygen atoms in total. The number of hydrogen-bond acceptors (Lipinski definition) is 3. The van der Waals surface area contributed by atoms with Gasteiger partial charge >= 0.3 is 0 Å². The number of amides is 1. The van der Waals surface area contributed by atoms with Crippen molar-refractivity contribution < 1.29 is 4.79 Å². The standard InChI is InChI=1S/C12H12IN3O/c1-2-7-14-12(17)11-10(13)8-5-3-4-6-9(8)15-16-11/h3-6H,2,7H2,1H3,(H,14,17). The van der Waals surface area contributed by atoms with E-state index in [1.807, 2.05) is 31.2 Å². The summed E-state index contributed by atoms with van der Waals surface area (Å²) in [6, 6.07) is 7.67. The highest BCUT2D eigenvalue weighted by Crippen LogP contribution is 2.20. The molecule has 0 aliphatic heterocycles. The third-order valence-corrected chi connectivity index (χ3v) is 3.45. The monoisotopic (exact) mass is 341 g/mol. The normalized spacial score (nSPS) is 10.5. The van der Waals surface area contributed by atoms with Gasteiger partial charge in [-0.25, -0.2) is 0 Å². The van der Waals surface area contributed by atoms with Crippen LogP contribution in [0.5, 0.6) is 0 Å². The van der Waals surface area contributed by atoms with Crippen LogP contribution in [0, 0.1) is 3.57 Å². The van der Waals surface area contributed by atoms with Gasteiger partial charge in [-0.3, -0.25) is 4.79 Å². The van der Waals surface area contributed by atoms with Gasteiger partial charge in [0.2, 0.25) is 0 Å². The molecule has 5 heteroatoms. The molecule has 0 bridgehead atoms. The lowest BCUT2D eigenvalue weighted by Crippen LogP contribution is -2.26. The van der Waals surface area contributed by atoms with E-state index in [-0.39, 0.29) is 5.91 Å². The first-order valence-electron chi connectivity index (χ1n) is 5.43. The average Bonchev–Trinajstić information content (AvgIpc) is 2.37. The van der Waals surface area contributed by atoms with Gasteiger partial charge in [0.1, 0.15) is 0 Å². The Hall–Kier alpha value is -1.24. The lowest BCUT2D eigenvalue weighted by molar-refractivity contribution is 0.0947. The first-order valence-corrected chi connectivity index (χ1v) is 6.51. The minimum atomic E-state index is -0.158. The summed E-state index contributed by atoms with van der Waals surface area (Å²) in [7, 11) is 0. The molecule has 0 saturated heterocycles. The lowest BCUT2D eigenvalue weighted by atomic mass is 10.2. The Bertz CT molecular complexity index is 556. The first kappa shape index (κ1) is 12.2. The second-order valence-corrected chi connectivity index (χ2v) is 4.71. The number of rotatable bonds is 3. The van der Waals surface area contributed by atoms with Crippen LogP contribution in [0.3, 0.4) is 0 Å². The zero-order valence-electron chi connectivity index (χ0n) is 9.40. The molecule has 1 heterocycles. The zero-order valence-corrected chi connectivity index (χ0v) is 11.6. The van der Waals surface area contributed by atoms with Crippen LogP contribution >= 0.6 is 22.6 Å². The van der Waals surface area contributed by atoms with E-state index in [2.05, 4.69) is 38.1 Å². The summed E-state index contributed by atoms with van der Waals surface area (Å²) < 4.78 is 0.849. The Labute approximate surface area is 113 Å². The molecule has 0 unspecified atom stereocenters. The van der Waals surface area contributed by atoms with Crippen molar-refractivity contribution in [2.45, 2.75) is 13.3 Å². The molecule has 88 valence electrons. The molecule has 2 rings (SSSR count). The molecule has 1 N–H and O–H groups in total. The van der Waals surface area contributed by atoms with E-state index in [4.69, 9.17) is 0 Å². The highest BCUT2D eigenvalue weighted by atomic mass is 127. The van der Waals surface area contributed by atoms with Crippen LogP contribution < -0.4 is 5.32 Å². The highest BCUT2D eigenvalue weighted by Gasteiger charge is 2.14. The summed E-state index contributed by atoms with van der Waals surface area (Å²) in [5.74, 6) is -0.158. The van der Waals surface area contributed by atoms with Gasteiger partial charge in [-0.15, -0.1) is 10.2 Å². The fourth-order valence-corrected chi connectivity index (χ4v) is 2.30. The quantitative estimate of drug-likeness (QED) is 0.873. The number of carbonyl (C=O) groups excluding carboxylic acids is 1. The van der Waals surface area contributed by atoms with E-state index in [1.165, 1.54) is 0 Å². The summed E-state index contributed by atoms with van der Waals surface area (Å²) in [4.78, 5) is 11.8. The van der Waals surface area contributed by atoms with Crippen molar-refractivity contribution >= 4 is 39.4 Å². The molecular weight excluding hydrogens is 329 g/mol. The van der Waals surface area contributed by atoms with Crippen molar-refractivity contribution in [2.75, 3.05) is 6.54 Å². The number of aromatic nitrogens is 2. The Balaban J connectivity index is 2.42. The molecule has 17 heavy (non-hydrogen) atoms. The van der Waals surface area contributed by atoms with Crippen molar-refractivity contribution in [1.29, 1.82) is 0 Å². The van der Waals surface area contributed by atoms with Crippen LogP contribution in [0.1, 0.15) is 23.8 Å². The molecule has 0 atom stereocenters. The maximum atomic E-state index is 11.8. The van der Waals surface area contributed by atoms with Crippen molar-refractivity contribution in [3.63, 3.8) is 0 Å². The Morgan fingerprint density at radius 2 is 2.12 bits per heavy atom. The molecule has 2 aromatic rings. The number of nitrogens with one attached hydrogen (secondary N) is 1. The van der Waals surface area contributed by atoms with Crippen molar-refractivity contribution in [3.05, 3.63) is 33.5 Å². The highest BCUT2D eigenvalue weighted by molar-refractivity contribution is 14.1. The van der Waals surface area contributed by atoms with Gasteiger partial charge in [0, 0.05) is 11.9 Å². The minimum Gasteiger partial charge on any atom is -0.351 e. The summed E-state index contributed by atoms with van der Waals surface area (Å²) >= 11 is 2.14. The fraction of sp³-hybridized carbons (Fsp3) is 0.250. The predicted molar refractivity (Wildman–Crippen MR) is 74.9 cm³/mol. The van der Waals surface area contributed by atoms with Gasteiger partial charge in [-0.05, 0) is 35.1 Å². The van der Waals surface area contributed by atoms with E-state index >= 15 is 0 Å². The maximum absolute atomic E-state index is 11.8. The molecule has 0 aliphatic carbocycles. The summed E-state index contributed by atoms with van der Waals surface area (Å²) in [5, 5.41) is 11.8. The van der Waals surface area contributed by atoms with Crippen molar-refractivity contribution in [2.24, 2.45) is 0 Å². The number of halogens is 1. The Morgan fingerprint density at radius 3 is 2.88 bits per heavy atom. The number of hydrogen-bond donors (Lipinski definition) is 1. The average molecular weight is 341 g/mol. The van der Waals surface area contributed by atoms with Gasteiger partial charge in [0.25, 0.3) is 5.91 Å². The van der Waals surface area contributed by atoms with Crippen LogP contribution in [0.25, 0.3) is 10.9 Å². The smallest absolute Gasteiger partial charge is 0.272 e. The second-order valence-electron chi connectivity index (χ2n) is 3.64. The molecule has 0 radical (unpaired) electrons. The molecule has 1 amide bonds. The summed E-state index contributed by atoms with van der Waals surface area (Å²) in [5.41, 5.74) is 1.21. The van der Waals surface area contributed by atoms with Crippen LogP contribution in [0.4, 0.5) is 0 Å². The summed E-state index contributed by atoms with van der Waals surface area (Å²) in [6.45, 7) is 2.67. The van der Waals surface area contributed by atoms with Crippen LogP contribution in [0.2, 0.25) is 0 Å². The number of nitrogens with zero attached hydrogens (tertiary/aromatic N) is 2. The first-order chi connectivity index (χ1) is 8.24. The Kier molecular flexibility index (Phi) is 3.88. The largest absolute Gasteiger partial charge is 0.351 e. The number of fused-ring (bicyclic) bond motifs is 1. The van der Waals surface area contributed by atoms with E-state index in [0.717, 1.165) is 20.9 Å². The van der Waals surface area contributed by atoms with Gasteiger partial charge in [-0.1, -0.05) is 25.1 Å². The molecule has 1 aromatic carbocycles. The van der Waals surface area contributed by atoms with Gasteiger partial charge in [0.15, 0.2) is 5.69 Å². The van der Waals surface area contributed by atoms with Gasteiger partial charge in [0.05, 0.1) is 9.09 Å². The van der Waals surface area contributed by atoms with Crippen molar-refractivity contribution in [3.8, 4) is 0 Å². The molecular formula is C12H12IN3O. The molecule has 1 aromatic heterocycles. The van der Waals surface area contributed by atoms with E-state index in [1.54, 1.807) is 0 Å². The molecule has 0 aliphatic rings. The SMILES string of the molecule is CCCNC(=O)c1nnc2ccccc2c1I. The second kappa shape index (κ2) is 5.39. The third-order valence-electron chi connectivity index (χ3n) is 2.36. The van der Waals surface area contributed by atoms with E-state index < -0.39 is 0 Å². The van der Waals surface area contributed by atoms with Crippen LogP contribution in [-0.2, 0) is 0 Å². The zero-order chi connectivity index (χ0) is 12.3. The van der Waals surface area contributed by atoms with E-state index in [0.29, 0.717) is 12.2 Å². The molecule has 0 spiro atoms. The minimum absolute atomic E-state index is 0.158. The van der Waals surface area contributed by atoms with Crippen LogP contribution in [-0.4, -0.2) is 22.6 Å². The lowest BCUT2D eigenvalue weighted by Gasteiger charge is -2.06. The van der Waals surface area contributed by atoms with Gasteiger partial charge in [-0.2, -0.15) is 0 Å². The van der Waals surface area contributed by atoms with Gasteiger partial charge < -0.3 is 5.32 Å².